The van der Waals surface area contributed by atoms with Gasteiger partial charge < -0.3 is 4.74 Å². The number of esters is 1. The summed E-state index contributed by atoms with van der Waals surface area (Å²) < 4.78 is 43.6. The van der Waals surface area contributed by atoms with Crippen LogP contribution in [0.3, 0.4) is 0 Å². The predicted molar refractivity (Wildman–Crippen MR) is 73.0 cm³/mol. The molecule has 2 aromatic rings. The normalized spacial score (nSPS) is 11.5. The maximum Gasteiger partial charge on any atom is 0.416 e. The molecule has 0 N–H and O–H groups in total. The van der Waals surface area contributed by atoms with E-state index in [9.17, 15) is 27.6 Å². The Morgan fingerprint density at radius 1 is 1.35 bits per heavy atom. The monoisotopic (exact) mass is 328 g/mol. The Morgan fingerprint density at radius 3 is 2.61 bits per heavy atom. The first kappa shape index (κ1) is 16.7. The number of hydrogen-bond acceptors (Lipinski definition) is 5. The molecule has 0 fully saturated rings. The molecule has 0 spiro atoms. The van der Waals surface area contributed by atoms with Gasteiger partial charge in [0.15, 0.2) is 6.29 Å². The fourth-order valence-corrected chi connectivity index (χ4v) is 2.01. The fraction of sp³-hybridized carbons (Fsp3) is 0.286. The summed E-state index contributed by atoms with van der Waals surface area (Å²) in [6.07, 6.45) is -4.39. The van der Waals surface area contributed by atoms with Crippen molar-refractivity contribution in [1.29, 1.82) is 0 Å². The van der Waals surface area contributed by atoms with Gasteiger partial charge in [-0.05, 0) is 25.1 Å². The van der Waals surface area contributed by atoms with Crippen molar-refractivity contribution >= 4 is 23.0 Å². The number of carbonyl (C=O) groups excluding carboxylic acids is 2. The summed E-state index contributed by atoms with van der Waals surface area (Å²) >= 11 is 0. The number of fused-ring (bicyclic) bond motifs is 1. The van der Waals surface area contributed by atoms with Crippen LogP contribution in [-0.2, 0) is 22.3 Å². The molecule has 122 valence electrons. The van der Waals surface area contributed by atoms with Gasteiger partial charge in [0, 0.05) is 5.39 Å². The minimum Gasteiger partial charge on any atom is -0.465 e. The third-order valence-corrected chi connectivity index (χ3v) is 3.01. The van der Waals surface area contributed by atoms with Crippen molar-refractivity contribution in [2.24, 2.45) is 0 Å². The van der Waals surface area contributed by atoms with E-state index in [0.717, 1.165) is 12.1 Å². The Bertz CT molecular complexity index is 827. The SMILES string of the molecule is CCOC(=O)Cn1nc(C=O)c2cc(C(F)(F)F)ccc2c1=O. The molecule has 0 aliphatic carbocycles. The Labute approximate surface area is 127 Å². The third kappa shape index (κ3) is 3.38. The van der Waals surface area contributed by atoms with Gasteiger partial charge in [-0.15, -0.1) is 0 Å². The number of benzene rings is 1. The van der Waals surface area contributed by atoms with E-state index in [1.165, 1.54) is 0 Å². The second-order valence-corrected chi connectivity index (χ2v) is 4.53. The Hall–Kier alpha value is -2.71. The highest BCUT2D eigenvalue weighted by Crippen LogP contribution is 2.31. The van der Waals surface area contributed by atoms with E-state index < -0.39 is 29.8 Å². The smallest absolute Gasteiger partial charge is 0.416 e. The molecule has 0 atom stereocenters. The van der Waals surface area contributed by atoms with E-state index in [-0.39, 0.29) is 29.4 Å². The summed E-state index contributed by atoms with van der Waals surface area (Å²) in [6.45, 7) is 1.13. The molecule has 0 aliphatic rings. The molecule has 0 aliphatic heterocycles. The van der Waals surface area contributed by atoms with E-state index in [2.05, 4.69) is 9.84 Å². The number of ether oxygens (including phenoxy) is 1. The van der Waals surface area contributed by atoms with Crippen LogP contribution in [0.2, 0.25) is 0 Å². The summed E-state index contributed by atoms with van der Waals surface area (Å²) in [5.74, 6) is -0.745. The van der Waals surface area contributed by atoms with Crippen LogP contribution in [0.15, 0.2) is 23.0 Å². The van der Waals surface area contributed by atoms with Crippen molar-refractivity contribution in [3.05, 3.63) is 39.8 Å². The van der Waals surface area contributed by atoms with Crippen LogP contribution in [0, 0.1) is 0 Å². The molecule has 0 radical (unpaired) electrons. The summed E-state index contributed by atoms with van der Waals surface area (Å²) in [5.41, 5.74) is -2.15. The van der Waals surface area contributed by atoms with Gasteiger partial charge in [-0.3, -0.25) is 14.4 Å². The molecule has 0 amide bonds. The molecule has 23 heavy (non-hydrogen) atoms. The van der Waals surface area contributed by atoms with Crippen LogP contribution >= 0.6 is 0 Å². The van der Waals surface area contributed by atoms with Gasteiger partial charge in [0.2, 0.25) is 0 Å². The molecule has 1 heterocycles. The number of rotatable bonds is 4. The average Bonchev–Trinajstić information content (AvgIpc) is 2.49. The summed E-state index contributed by atoms with van der Waals surface area (Å²) in [6, 6.07) is 2.37. The number of nitrogens with zero attached hydrogens (tertiary/aromatic N) is 2. The first-order valence-electron chi connectivity index (χ1n) is 6.50. The van der Waals surface area contributed by atoms with Crippen molar-refractivity contribution in [3.63, 3.8) is 0 Å². The second-order valence-electron chi connectivity index (χ2n) is 4.53. The van der Waals surface area contributed by atoms with Gasteiger partial charge in [-0.2, -0.15) is 18.3 Å². The first-order chi connectivity index (χ1) is 10.8. The standard InChI is InChI=1S/C14H11F3N2O4/c1-2-23-12(21)6-19-13(22)9-4-3-8(14(15,16)17)5-10(9)11(7-20)18-19/h3-5,7H,2,6H2,1H3. The molecular formula is C14H11F3N2O4. The molecule has 2 rings (SSSR count). The Kier molecular flexibility index (Phi) is 4.48. The topological polar surface area (TPSA) is 78.3 Å². The number of carbonyl (C=O) groups is 2. The van der Waals surface area contributed by atoms with E-state index in [4.69, 9.17) is 0 Å². The molecule has 9 heteroatoms. The molecule has 0 unspecified atom stereocenters. The zero-order valence-electron chi connectivity index (χ0n) is 11.9. The third-order valence-electron chi connectivity index (χ3n) is 3.01. The van der Waals surface area contributed by atoms with Crippen LogP contribution in [0.1, 0.15) is 23.0 Å². The molecular weight excluding hydrogens is 317 g/mol. The van der Waals surface area contributed by atoms with E-state index in [1.54, 1.807) is 6.92 Å². The largest absolute Gasteiger partial charge is 0.465 e. The van der Waals surface area contributed by atoms with Crippen LogP contribution < -0.4 is 5.56 Å². The number of alkyl halides is 3. The summed E-state index contributed by atoms with van der Waals surface area (Å²) in [5, 5.41) is 3.27. The zero-order chi connectivity index (χ0) is 17.2. The van der Waals surface area contributed by atoms with Crippen LogP contribution in [0.5, 0.6) is 0 Å². The number of aromatic nitrogens is 2. The quantitative estimate of drug-likeness (QED) is 0.631. The van der Waals surface area contributed by atoms with E-state index >= 15 is 0 Å². The average molecular weight is 328 g/mol. The highest BCUT2D eigenvalue weighted by Gasteiger charge is 2.31. The number of aldehydes is 1. The summed E-state index contributed by atoms with van der Waals surface area (Å²) in [4.78, 5) is 34.7. The number of hydrogen-bond donors (Lipinski definition) is 0. The van der Waals surface area contributed by atoms with Crippen molar-refractivity contribution < 1.29 is 27.5 Å². The highest BCUT2D eigenvalue weighted by atomic mass is 19.4. The molecule has 0 saturated heterocycles. The minimum atomic E-state index is -4.62. The lowest BCUT2D eigenvalue weighted by atomic mass is 10.1. The van der Waals surface area contributed by atoms with Crippen molar-refractivity contribution in [3.8, 4) is 0 Å². The van der Waals surface area contributed by atoms with Crippen molar-refractivity contribution in [1.82, 2.24) is 9.78 Å². The fourth-order valence-electron chi connectivity index (χ4n) is 2.01. The van der Waals surface area contributed by atoms with E-state index in [1.807, 2.05) is 0 Å². The first-order valence-corrected chi connectivity index (χ1v) is 6.50. The predicted octanol–water partition coefficient (Wildman–Crippen LogP) is 1.79. The lowest BCUT2D eigenvalue weighted by Crippen LogP contribution is -2.29. The van der Waals surface area contributed by atoms with Gasteiger partial charge >= 0.3 is 12.1 Å². The Morgan fingerprint density at radius 2 is 2.04 bits per heavy atom. The van der Waals surface area contributed by atoms with Gasteiger partial charge in [-0.25, -0.2) is 4.68 Å². The van der Waals surface area contributed by atoms with Crippen LogP contribution in [-0.4, -0.2) is 28.6 Å². The second kappa shape index (κ2) is 6.19. The lowest BCUT2D eigenvalue weighted by molar-refractivity contribution is -0.144. The maximum atomic E-state index is 12.7. The lowest BCUT2D eigenvalue weighted by Gasteiger charge is -2.10. The van der Waals surface area contributed by atoms with Gasteiger partial charge in [0.25, 0.3) is 5.56 Å². The van der Waals surface area contributed by atoms with Gasteiger partial charge in [-0.1, -0.05) is 0 Å². The minimum absolute atomic E-state index is 0.0939. The van der Waals surface area contributed by atoms with Crippen molar-refractivity contribution in [2.75, 3.05) is 6.61 Å². The van der Waals surface area contributed by atoms with Crippen LogP contribution in [0.25, 0.3) is 10.8 Å². The molecule has 0 saturated carbocycles. The van der Waals surface area contributed by atoms with Gasteiger partial charge in [0.1, 0.15) is 12.2 Å². The number of halogens is 3. The molecule has 1 aromatic carbocycles. The van der Waals surface area contributed by atoms with Crippen LogP contribution in [0.4, 0.5) is 13.2 Å². The zero-order valence-corrected chi connectivity index (χ0v) is 11.9. The Balaban J connectivity index is 2.63. The summed E-state index contributed by atoms with van der Waals surface area (Å²) in [7, 11) is 0. The van der Waals surface area contributed by atoms with Gasteiger partial charge in [0.05, 0.1) is 17.6 Å². The molecule has 6 nitrogen and oxygen atoms in total. The highest BCUT2D eigenvalue weighted by molar-refractivity contribution is 5.95. The van der Waals surface area contributed by atoms with Crippen molar-refractivity contribution in [2.45, 2.75) is 19.6 Å². The molecule has 1 aromatic heterocycles. The maximum absolute atomic E-state index is 12.7. The van der Waals surface area contributed by atoms with E-state index in [0.29, 0.717) is 10.7 Å². The molecule has 0 bridgehead atoms.